The molecule has 7 heteroatoms. The Bertz CT molecular complexity index is 624. The molecule has 1 N–H and O–H groups in total. The van der Waals surface area contributed by atoms with Gasteiger partial charge in [-0.1, -0.05) is 43.2 Å². The molecule has 1 aliphatic heterocycles. The van der Waals surface area contributed by atoms with Crippen molar-refractivity contribution >= 4 is 11.7 Å². The van der Waals surface area contributed by atoms with Crippen LogP contribution in [0.1, 0.15) is 70.5 Å². The molecule has 1 aliphatic rings. The van der Waals surface area contributed by atoms with E-state index >= 15 is 0 Å². The zero-order chi connectivity index (χ0) is 19.3. The molecule has 27 heavy (non-hydrogen) atoms. The van der Waals surface area contributed by atoms with Crippen molar-refractivity contribution in [2.24, 2.45) is 0 Å². The van der Waals surface area contributed by atoms with Crippen molar-refractivity contribution in [1.29, 1.82) is 0 Å². The Balaban J connectivity index is 1.76. The summed E-state index contributed by atoms with van der Waals surface area (Å²) in [6.45, 7) is 2.73. The maximum Gasteiger partial charge on any atom is 0.223 e. The van der Waals surface area contributed by atoms with Crippen LogP contribution in [0.15, 0.2) is 24.3 Å². The molecule has 148 valence electrons. The number of allylic oxidation sites excluding steroid dienone is 2. The summed E-state index contributed by atoms with van der Waals surface area (Å²) in [4.78, 5) is 26.1. The lowest BCUT2D eigenvalue weighted by atomic mass is 10.00. The van der Waals surface area contributed by atoms with Crippen LogP contribution in [0.5, 0.6) is 0 Å². The number of aromatic amines is 1. The summed E-state index contributed by atoms with van der Waals surface area (Å²) in [5.41, 5.74) is 0. The minimum Gasteiger partial charge on any atom is -0.333 e. The van der Waals surface area contributed by atoms with Crippen LogP contribution in [0.2, 0.25) is 0 Å². The van der Waals surface area contributed by atoms with Gasteiger partial charge in [-0.15, -0.1) is 10.2 Å². The largest absolute Gasteiger partial charge is 0.333 e. The summed E-state index contributed by atoms with van der Waals surface area (Å²) < 4.78 is 0. The van der Waals surface area contributed by atoms with Gasteiger partial charge in [0.25, 0.3) is 0 Å². The molecule has 2 rings (SSSR count). The fourth-order valence-electron chi connectivity index (χ4n) is 3.21. The first-order chi connectivity index (χ1) is 13.2. The quantitative estimate of drug-likeness (QED) is 0.345. The van der Waals surface area contributed by atoms with Crippen LogP contribution in [0.3, 0.4) is 0 Å². The van der Waals surface area contributed by atoms with Crippen LogP contribution < -0.4 is 0 Å². The number of likely N-dealkylation sites (tertiary alicyclic amines) is 1. The minimum atomic E-state index is 0.0327. The smallest absolute Gasteiger partial charge is 0.223 e. The molecule has 0 saturated carbocycles. The molecule has 1 aromatic rings. The Kier molecular flexibility index (Phi) is 9.44. The number of hydrogen-bond donors (Lipinski definition) is 1. The summed E-state index contributed by atoms with van der Waals surface area (Å²) >= 11 is 0. The molecule has 0 bridgehead atoms. The summed E-state index contributed by atoms with van der Waals surface area (Å²) in [7, 11) is 0. The van der Waals surface area contributed by atoms with Crippen LogP contribution >= 0.6 is 0 Å². The van der Waals surface area contributed by atoms with E-state index in [0.29, 0.717) is 19.4 Å². The molecule has 1 saturated heterocycles. The highest BCUT2D eigenvalue weighted by molar-refractivity contribution is 5.89. The average molecular weight is 374 g/mol. The second kappa shape index (κ2) is 12.1. The second-order valence-corrected chi connectivity index (χ2v) is 6.98. The van der Waals surface area contributed by atoms with E-state index in [-0.39, 0.29) is 17.7 Å². The van der Waals surface area contributed by atoms with Crippen LogP contribution in [-0.4, -0.2) is 49.8 Å². The maximum atomic E-state index is 12.3. The third kappa shape index (κ3) is 7.85. The van der Waals surface area contributed by atoms with Gasteiger partial charge in [-0.3, -0.25) is 9.59 Å². The lowest BCUT2D eigenvalue weighted by molar-refractivity contribution is -0.134. The highest BCUT2D eigenvalue weighted by Gasteiger charge is 2.25. The van der Waals surface area contributed by atoms with Crippen molar-refractivity contribution in [3.8, 4) is 0 Å². The maximum absolute atomic E-state index is 12.3. The molecule has 0 aromatic carbocycles. The van der Waals surface area contributed by atoms with Gasteiger partial charge in [0.1, 0.15) is 0 Å². The van der Waals surface area contributed by atoms with Crippen molar-refractivity contribution in [2.75, 3.05) is 6.54 Å². The van der Waals surface area contributed by atoms with Crippen LogP contribution in [-0.2, 0) is 16.0 Å². The highest BCUT2D eigenvalue weighted by Crippen LogP contribution is 2.19. The lowest BCUT2D eigenvalue weighted by Gasteiger charge is -2.33. The van der Waals surface area contributed by atoms with Gasteiger partial charge in [0.05, 0.1) is 6.04 Å². The molecule has 7 nitrogen and oxygen atoms in total. The zero-order valence-electron chi connectivity index (χ0n) is 16.3. The Morgan fingerprint density at radius 3 is 2.96 bits per heavy atom. The van der Waals surface area contributed by atoms with Gasteiger partial charge in [0.2, 0.25) is 5.91 Å². The van der Waals surface area contributed by atoms with Crippen molar-refractivity contribution in [3.05, 3.63) is 30.1 Å². The predicted molar refractivity (Wildman–Crippen MR) is 104 cm³/mol. The Labute approximate surface area is 161 Å². The van der Waals surface area contributed by atoms with Gasteiger partial charge in [0, 0.05) is 25.8 Å². The van der Waals surface area contributed by atoms with Crippen molar-refractivity contribution < 1.29 is 9.59 Å². The third-order valence-corrected chi connectivity index (χ3v) is 4.77. The number of aromatic nitrogens is 4. The molecule has 2 heterocycles. The molecule has 1 atom stereocenters. The van der Waals surface area contributed by atoms with E-state index in [4.69, 9.17) is 0 Å². The van der Waals surface area contributed by atoms with Gasteiger partial charge in [0.15, 0.2) is 11.6 Å². The van der Waals surface area contributed by atoms with E-state index in [2.05, 4.69) is 33.6 Å². The first-order valence-corrected chi connectivity index (χ1v) is 10.1. The molecule has 1 amide bonds. The van der Waals surface area contributed by atoms with Crippen molar-refractivity contribution in [2.45, 2.75) is 77.2 Å². The number of hydrogen-bond acceptors (Lipinski definition) is 5. The minimum absolute atomic E-state index is 0.0327. The predicted octanol–water partition coefficient (Wildman–Crippen LogP) is 3.17. The fourth-order valence-corrected chi connectivity index (χ4v) is 3.21. The number of aryl methyl sites for hydroxylation is 1. The number of H-pyrrole nitrogens is 1. The fraction of sp³-hybridized carbons (Fsp3) is 0.650. The molecule has 1 aromatic heterocycles. The number of ketones is 1. The zero-order valence-corrected chi connectivity index (χ0v) is 16.3. The monoisotopic (exact) mass is 373 g/mol. The Morgan fingerprint density at radius 1 is 1.30 bits per heavy atom. The number of amides is 1. The van der Waals surface area contributed by atoms with E-state index in [1.165, 1.54) is 0 Å². The number of unbranched alkanes of at least 4 members (excludes halogenated alkanes) is 3. The van der Waals surface area contributed by atoms with Gasteiger partial charge < -0.3 is 4.90 Å². The third-order valence-electron chi connectivity index (χ3n) is 4.77. The molecular weight excluding hydrogens is 342 g/mol. The summed E-state index contributed by atoms with van der Waals surface area (Å²) in [6.07, 6.45) is 16.6. The molecule has 0 aliphatic carbocycles. The molecule has 0 radical (unpaired) electrons. The topological polar surface area (TPSA) is 91.8 Å². The van der Waals surface area contributed by atoms with E-state index in [1.807, 2.05) is 17.1 Å². The number of carbonyl (C=O) groups excluding carboxylic acids is 2. The van der Waals surface area contributed by atoms with Crippen LogP contribution in [0.25, 0.3) is 0 Å². The number of rotatable bonds is 12. The first-order valence-electron chi connectivity index (χ1n) is 10.1. The highest BCUT2D eigenvalue weighted by atomic mass is 16.2. The van der Waals surface area contributed by atoms with Gasteiger partial charge in [-0.2, -0.15) is 5.21 Å². The molecule has 0 spiro atoms. The SMILES string of the molecule is CCCCCC(=O)C=C[C@H]1CCCC(=O)N1CC=CCCCc1nn[nH]n1. The van der Waals surface area contributed by atoms with Crippen molar-refractivity contribution in [1.82, 2.24) is 25.5 Å². The number of tetrazole rings is 1. The number of nitrogens with one attached hydrogen (secondary N) is 1. The normalized spacial score (nSPS) is 18.0. The number of nitrogens with zero attached hydrogens (tertiary/aromatic N) is 4. The second-order valence-electron chi connectivity index (χ2n) is 6.98. The number of piperidine rings is 1. The summed E-state index contributed by atoms with van der Waals surface area (Å²) in [5, 5.41) is 13.8. The van der Waals surface area contributed by atoms with Gasteiger partial charge in [-0.25, -0.2) is 0 Å². The van der Waals surface area contributed by atoms with Crippen LogP contribution in [0.4, 0.5) is 0 Å². The van der Waals surface area contributed by atoms with Crippen LogP contribution in [0, 0.1) is 0 Å². The number of carbonyl (C=O) groups is 2. The van der Waals surface area contributed by atoms with E-state index < -0.39 is 0 Å². The standard InChI is InChI=1S/C20H31N5O2/c1-2-3-6-11-18(26)15-14-17-10-9-13-20(27)25(17)16-8-5-4-7-12-19-21-23-24-22-19/h5,8,14-15,17H,2-4,6-7,9-13,16H2,1H3,(H,21,22,23,24)/t17-/m1/s1. The van der Waals surface area contributed by atoms with Gasteiger partial charge in [-0.05, 0) is 38.2 Å². The molecular formula is C20H31N5O2. The summed E-state index contributed by atoms with van der Waals surface area (Å²) in [6, 6.07) is 0.0327. The average Bonchev–Trinajstić information content (AvgIpc) is 3.18. The first kappa shape index (κ1) is 21.0. The van der Waals surface area contributed by atoms with E-state index in [1.54, 1.807) is 6.08 Å². The molecule has 0 unspecified atom stereocenters. The van der Waals surface area contributed by atoms with Gasteiger partial charge >= 0.3 is 0 Å². The van der Waals surface area contributed by atoms with E-state index in [9.17, 15) is 9.59 Å². The Morgan fingerprint density at radius 2 is 2.19 bits per heavy atom. The van der Waals surface area contributed by atoms with E-state index in [0.717, 1.165) is 57.2 Å². The Hall–Kier alpha value is -2.31. The van der Waals surface area contributed by atoms with Crippen molar-refractivity contribution in [3.63, 3.8) is 0 Å². The summed E-state index contributed by atoms with van der Waals surface area (Å²) in [5.74, 6) is 1.06. The lowest BCUT2D eigenvalue weighted by Crippen LogP contribution is -2.42. The molecule has 1 fully saturated rings.